The molecule has 0 atom stereocenters. The number of carbonyl (C=O) groups is 3. The van der Waals surface area contributed by atoms with Crippen LogP contribution >= 0.6 is 11.6 Å². The summed E-state index contributed by atoms with van der Waals surface area (Å²) in [7, 11) is 1.45. The molecule has 0 radical (unpaired) electrons. The molecule has 4 amide bonds. The van der Waals surface area contributed by atoms with Gasteiger partial charge in [0.15, 0.2) is 11.5 Å². The van der Waals surface area contributed by atoms with Crippen LogP contribution in [0.5, 0.6) is 11.5 Å². The molecule has 2 aromatic rings. The van der Waals surface area contributed by atoms with Gasteiger partial charge in [-0.1, -0.05) is 11.6 Å². The minimum Gasteiger partial charge on any atom is -0.493 e. The van der Waals surface area contributed by atoms with E-state index in [1.165, 1.54) is 43.8 Å². The number of carbonyl (C=O) groups excluding carboxylic acids is 3. The van der Waals surface area contributed by atoms with E-state index in [0.717, 1.165) is 4.90 Å². The summed E-state index contributed by atoms with van der Waals surface area (Å²) in [6.45, 7) is 2.20. The summed E-state index contributed by atoms with van der Waals surface area (Å²) in [6.07, 6.45) is 4.21. The van der Waals surface area contributed by atoms with Gasteiger partial charge in [-0.3, -0.25) is 19.9 Å². The Bertz CT molecular complexity index is 975. The molecule has 28 heavy (non-hydrogen) atoms. The maximum absolute atomic E-state index is 12.8. The van der Waals surface area contributed by atoms with Gasteiger partial charge >= 0.3 is 6.03 Å². The van der Waals surface area contributed by atoms with E-state index in [2.05, 4.69) is 10.3 Å². The summed E-state index contributed by atoms with van der Waals surface area (Å²) in [5, 5.41) is 2.42. The smallest absolute Gasteiger partial charge is 0.335 e. The van der Waals surface area contributed by atoms with Crippen molar-refractivity contribution < 1.29 is 23.9 Å². The molecule has 1 aliphatic heterocycles. The lowest BCUT2D eigenvalue weighted by atomic mass is 10.1. The Morgan fingerprint density at radius 3 is 2.57 bits per heavy atom. The molecule has 1 aromatic heterocycles. The van der Waals surface area contributed by atoms with E-state index in [0.29, 0.717) is 29.4 Å². The molecule has 0 spiro atoms. The fourth-order valence-electron chi connectivity index (χ4n) is 2.66. The normalized spacial score (nSPS) is 15.6. The van der Waals surface area contributed by atoms with Crippen LogP contribution in [0.25, 0.3) is 6.08 Å². The van der Waals surface area contributed by atoms with Crippen molar-refractivity contribution in [2.75, 3.05) is 18.6 Å². The predicted octanol–water partition coefficient (Wildman–Crippen LogP) is 2.81. The van der Waals surface area contributed by atoms with Gasteiger partial charge in [-0.2, -0.15) is 0 Å². The number of aromatic nitrogens is 1. The van der Waals surface area contributed by atoms with Crippen LogP contribution in [0, 0.1) is 0 Å². The number of pyridine rings is 1. The van der Waals surface area contributed by atoms with Gasteiger partial charge < -0.3 is 9.47 Å². The highest BCUT2D eigenvalue weighted by molar-refractivity contribution is 6.39. The van der Waals surface area contributed by atoms with Crippen LogP contribution in [0.3, 0.4) is 0 Å². The highest BCUT2D eigenvalue weighted by Gasteiger charge is 2.36. The second kappa shape index (κ2) is 8.10. The summed E-state index contributed by atoms with van der Waals surface area (Å²) in [5.41, 5.74) is 0.504. The zero-order chi connectivity index (χ0) is 20.3. The van der Waals surface area contributed by atoms with Crippen LogP contribution in [-0.2, 0) is 9.59 Å². The van der Waals surface area contributed by atoms with E-state index in [9.17, 15) is 14.4 Å². The third kappa shape index (κ3) is 3.67. The maximum Gasteiger partial charge on any atom is 0.335 e. The Morgan fingerprint density at radius 2 is 1.93 bits per heavy atom. The third-order valence-electron chi connectivity index (χ3n) is 3.87. The molecule has 1 aromatic carbocycles. The highest BCUT2D eigenvalue weighted by atomic mass is 35.5. The average molecular weight is 402 g/mol. The Hall–Kier alpha value is -3.39. The molecule has 0 unspecified atom stereocenters. The number of imide groups is 2. The van der Waals surface area contributed by atoms with Crippen molar-refractivity contribution in [3.05, 3.63) is 52.8 Å². The Labute approximate surface area is 165 Å². The molecule has 2 heterocycles. The number of halogens is 1. The minimum absolute atomic E-state index is 0.223. The van der Waals surface area contributed by atoms with Crippen molar-refractivity contribution in [3.8, 4) is 11.5 Å². The first-order chi connectivity index (χ1) is 13.5. The summed E-state index contributed by atoms with van der Waals surface area (Å²) in [6, 6.07) is 5.26. The van der Waals surface area contributed by atoms with Gasteiger partial charge in [0.1, 0.15) is 5.57 Å². The van der Waals surface area contributed by atoms with Gasteiger partial charge in [-0.05, 0) is 42.8 Å². The van der Waals surface area contributed by atoms with Crippen molar-refractivity contribution in [1.29, 1.82) is 0 Å². The number of amides is 4. The maximum atomic E-state index is 12.8. The van der Waals surface area contributed by atoms with Gasteiger partial charge in [0.25, 0.3) is 11.8 Å². The zero-order valence-corrected chi connectivity index (χ0v) is 15.8. The Balaban J connectivity index is 2.03. The summed E-state index contributed by atoms with van der Waals surface area (Å²) < 4.78 is 10.7. The quantitative estimate of drug-likeness (QED) is 0.611. The number of hydrogen-bond acceptors (Lipinski definition) is 6. The number of nitrogens with one attached hydrogen (secondary N) is 1. The summed E-state index contributed by atoms with van der Waals surface area (Å²) in [4.78, 5) is 42.0. The highest BCUT2D eigenvalue weighted by Crippen LogP contribution is 2.37. The molecule has 1 aliphatic rings. The molecule has 1 fully saturated rings. The van der Waals surface area contributed by atoms with E-state index in [1.54, 1.807) is 13.0 Å². The van der Waals surface area contributed by atoms with Crippen molar-refractivity contribution in [3.63, 3.8) is 0 Å². The summed E-state index contributed by atoms with van der Waals surface area (Å²) in [5.74, 6) is -0.845. The lowest BCUT2D eigenvalue weighted by molar-refractivity contribution is -0.122. The first-order valence-electron chi connectivity index (χ1n) is 8.28. The van der Waals surface area contributed by atoms with E-state index in [1.807, 2.05) is 0 Å². The number of benzene rings is 1. The molecule has 0 saturated carbocycles. The van der Waals surface area contributed by atoms with Crippen LogP contribution in [0.1, 0.15) is 12.5 Å². The molecule has 144 valence electrons. The molecule has 1 N–H and O–H groups in total. The van der Waals surface area contributed by atoms with Gasteiger partial charge in [0.2, 0.25) is 0 Å². The molecule has 3 rings (SSSR count). The van der Waals surface area contributed by atoms with Crippen LogP contribution in [0.2, 0.25) is 5.02 Å². The first-order valence-corrected chi connectivity index (χ1v) is 8.65. The van der Waals surface area contributed by atoms with Gasteiger partial charge in [-0.15, -0.1) is 0 Å². The first kappa shape index (κ1) is 19.4. The lowest BCUT2D eigenvalue weighted by Gasteiger charge is -2.26. The van der Waals surface area contributed by atoms with Gasteiger partial charge in [-0.25, -0.2) is 9.69 Å². The van der Waals surface area contributed by atoms with Crippen LogP contribution in [0.4, 0.5) is 10.5 Å². The van der Waals surface area contributed by atoms with E-state index >= 15 is 0 Å². The van der Waals surface area contributed by atoms with E-state index in [-0.39, 0.29) is 10.6 Å². The van der Waals surface area contributed by atoms with Crippen molar-refractivity contribution >= 4 is 41.2 Å². The fraction of sp³-hybridized carbons (Fsp3) is 0.158. The molecule has 0 bridgehead atoms. The minimum atomic E-state index is -0.833. The van der Waals surface area contributed by atoms with Crippen molar-refractivity contribution in [2.24, 2.45) is 0 Å². The average Bonchev–Trinajstić information content (AvgIpc) is 2.67. The largest absolute Gasteiger partial charge is 0.493 e. The molecular formula is C19H16ClN3O5. The Kier molecular flexibility index (Phi) is 5.60. The van der Waals surface area contributed by atoms with Crippen LogP contribution in [0.15, 0.2) is 42.2 Å². The van der Waals surface area contributed by atoms with E-state index in [4.69, 9.17) is 21.1 Å². The van der Waals surface area contributed by atoms with Gasteiger partial charge in [0, 0.05) is 12.4 Å². The monoisotopic (exact) mass is 401 g/mol. The number of hydrogen-bond donors (Lipinski definition) is 1. The van der Waals surface area contributed by atoms with Crippen molar-refractivity contribution in [1.82, 2.24) is 10.3 Å². The van der Waals surface area contributed by atoms with Crippen LogP contribution < -0.4 is 19.7 Å². The second-order valence-electron chi connectivity index (χ2n) is 5.63. The standard InChI is InChI=1S/C19H16ClN3O5/c1-3-28-16-14(20)9-11(10-15(16)27-2)8-13-17(24)22-19(26)23(18(13)25)12-4-6-21-7-5-12/h4-10H,3H2,1-2H3,(H,22,24,26)/b13-8+. The number of ether oxygens (including phenoxy) is 2. The number of anilines is 1. The third-order valence-corrected chi connectivity index (χ3v) is 4.15. The van der Waals surface area contributed by atoms with Gasteiger partial charge in [0.05, 0.1) is 24.4 Å². The molecular weight excluding hydrogens is 386 g/mol. The summed E-state index contributed by atoms with van der Waals surface area (Å²) >= 11 is 6.24. The fourth-order valence-corrected chi connectivity index (χ4v) is 2.93. The molecule has 8 nitrogen and oxygen atoms in total. The number of methoxy groups -OCH3 is 1. The van der Waals surface area contributed by atoms with Crippen molar-refractivity contribution in [2.45, 2.75) is 6.92 Å². The topological polar surface area (TPSA) is 97.8 Å². The van der Waals surface area contributed by atoms with Crippen LogP contribution in [-0.4, -0.2) is 36.5 Å². The Morgan fingerprint density at radius 1 is 1.21 bits per heavy atom. The number of urea groups is 1. The molecule has 1 saturated heterocycles. The number of rotatable bonds is 5. The second-order valence-corrected chi connectivity index (χ2v) is 6.04. The number of nitrogens with zero attached hydrogens (tertiary/aromatic N) is 2. The lowest BCUT2D eigenvalue weighted by Crippen LogP contribution is -2.54. The molecule has 9 heteroatoms. The SMILES string of the molecule is CCOc1c(Cl)cc(/C=C2\C(=O)NC(=O)N(c3ccncc3)C2=O)cc1OC. The molecule has 0 aliphatic carbocycles. The number of barbiturate groups is 1. The predicted molar refractivity (Wildman–Crippen MR) is 102 cm³/mol. The van der Waals surface area contributed by atoms with E-state index < -0.39 is 17.8 Å². The zero-order valence-electron chi connectivity index (χ0n) is 15.1.